The van der Waals surface area contributed by atoms with E-state index in [4.69, 9.17) is 9.47 Å². The molecule has 0 unspecified atom stereocenters. The molecule has 0 saturated heterocycles. The minimum atomic E-state index is -0.978. The molecule has 0 fully saturated rings. The van der Waals surface area contributed by atoms with Crippen molar-refractivity contribution >= 4 is 17.6 Å². The topological polar surface area (TPSA) is 55.8 Å². The summed E-state index contributed by atoms with van der Waals surface area (Å²) in [5.74, 6) is 0.408. The van der Waals surface area contributed by atoms with E-state index in [2.05, 4.69) is 0 Å². The zero-order valence-corrected chi connectivity index (χ0v) is 14.2. The number of carbonyl (C=O) groups is 1. The number of rotatable bonds is 7. The second kappa shape index (κ2) is 8.20. The number of hydrogen-bond acceptors (Lipinski definition) is 3. The third-order valence-corrected chi connectivity index (χ3v) is 3.63. The van der Waals surface area contributed by atoms with Gasteiger partial charge in [-0.1, -0.05) is 31.2 Å². The minimum absolute atomic E-state index is 0.225. The molecule has 24 heavy (non-hydrogen) atoms. The molecule has 0 aromatic heterocycles. The van der Waals surface area contributed by atoms with Gasteiger partial charge in [0.25, 0.3) is 0 Å². The van der Waals surface area contributed by atoms with Gasteiger partial charge < -0.3 is 14.6 Å². The zero-order valence-electron chi connectivity index (χ0n) is 14.2. The fourth-order valence-electron chi connectivity index (χ4n) is 2.42. The monoisotopic (exact) mass is 326 g/mol. The fraction of sp³-hybridized carbons (Fsp3) is 0.250. The highest BCUT2D eigenvalue weighted by Gasteiger charge is 2.15. The second-order valence-electron chi connectivity index (χ2n) is 5.43. The second-order valence-corrected chi connectivity index (χ2v) is 5.43. The van der Waals surface area contributed by atoms with E-state index in [-0.39, 0.29) is 5.57 Å². The van der Waals surface area contributed by atoms with Crippen LogP contribution in [0, 0.1) is 6.92 Å². The molecule has 0 heterocycles. The third-order valence-electron chi connectivity index (χ3n) is 3.63. The molecule has 0 saturated carbocycles. The van der Waals surface area contributed by atoms with Gasteiger partial charge in [0.1, 0.15) is 11.5 Å². The average molecular weight is 326 g/mol. The Labute approximate surface area is 142 Å². The molecular formula is C20H22O4. The number of benzene rings is 2. The zero-order chi connectivity index (χ0) is 17.5. The smallest absolute Gasteiger partial charge is 0.336 e. The van der Waals surface area contributed by atoms with E-state index in [1.807, 2.05) is 44.2 Å². The van der Waals surface area contributed by atoms with E-state index < -0.39 is 5.97 Å². The highest BCUT2D eigenvalue weighted by atomic mass is 16.5. The molecule has 2 rings (SSSR count). The van der Waals surface area contributed by atoms with Crippen molar-refractivity contribution in [3.63, 3.8) is 0 Å². The van der Waals surface area contributed by atoms with Crippen LogP contribution in [-0.2, 0) is 4.79 Å². The summed E-state index contributed by atoms with van der Waals surface area (Å²) in [5, 5.41) is 9.67. The first kappa shape index (κ1) is 17.6. The van der Waals surface area contributed by atoms with Crippen LogP contribution in [0.1, 0.15) is 30.0 Å². The van der Waals surface area contributed by atoms with Crippen LogP contribution in [0.3, 0.4) is 0 Å². The van der Waals surface area contributed by atoms with E-state index in [1.54, 1.807) is 25.3 Å². The van der Waals surface area contributed by atoms with Gasteiger partial charge >= 0.3 is 5.97 Å². The molecule has 2 aromatic carbocycles. The average Bonchev–Trinajstić information content (AvgIpc) is 2.58. The van der Waals surface area contributed by atoms with Gasteiger partial charge in [-0.05, 0) is 48.7 Å². The highest BCUT2D eigenvalue weighted by Crippen LogP contribution is 2.28. The van der Waals surface area contributed by atoms with Gasteiger partial charge in [-0.2, -0.15) is 0 Å². The van der Waals surface area contributed by atoms with Gasteiger partial charge in [-0.25, -0.2) is 4.79 Å². The van der Waals surface area contributed by atoms with E-state index in [9.17, 15) is 9.90 Å². The van der Waals surface area contributed by atoms with Crippen LogP contribution in [-0.4, -0.2) is 24.8 Å². The van der Waals surface area contributed by atoms with Gasteiger partial charge in [0.05, 0.1) is 19.3 Å². The summed E-state index contributed by atoms with van der Waals surface area (Å²) in [4.78, 5) is 11.8. The Bertz CT molecular complexity index is 747. The quantitative estimate of drug-likeness (QED) is 0.604. The summed E-state index contributed by atoms with van der Waals surface area (Å²) in [7, 11) is 1.59. The Morgan fingerprint density at radius 2 is 1.96 bits per heavy atom. The highest BCUT2D eigenvalue weighted by molar-refractivity contribution is 6.21. The maximum absolute atomic E-state index is 11.8. The number of aliphatic carboxylic acids is 1. The number of aryl methyl sites for hydroxylation is 1. The molecule has 2 aromatic rings. The predicted octanol–water partition coefficient (Wildman–Crippen LogP) is 4.42. The lowest BCUT2D eigenvalue weighted by Gasteiger charge is -2.11. The van der Waals surface area contributed by atoms with Crippen molar-refractivity contribution < 1.29 is 19.4 Å². The predicted molar refractivity (Wildman–Crippen MR) is 95.5 cm³/mol. The number of ether oxygens (including phenoxy) is 2. The summed E-state index contributed by atoms with van der Waals surface area (Å²) >= 11 is 0. The van der Waals surface area contributed by atoms with Crippen LogP contribution in [0.5, 0.6) is 11.5 Å². The first-order chi connectivity index (χ1) is 11.6. The van der Waals surface area contributed by atoms with E-state index in [1.165, 1.54) is 0 Å². The maximum atomic E-state index is 11.8. The van der Waals surface area contributed by atoms with Crippen LogP contribution >= 0.6 is 0 Å². The van der Waals surface area contributed by atoms with Crippen molar-refractivity contribution in [3.8, 4) is 11.5 Å². The summed E-state index contributed by atoms with van der Waals surface area (Å²) in [6.07, 6.45) is 2.55. The molecule has 1 N–H and O–H groups in total. The molecule has 0 atom stereocenters. The SMILES string of the molecule is CCCOc1ccccc1/C=C(\C(=O)O)c1ccc(OC)cc1C. The molecule has 4 nitrogen and oxygen atoms in total. The molecule has 4 heteroatoms. The van der Waals surface area contributed by atoms with E-state index >= 15 is 0 Å². The van der Waals surface area contributed by atoms with Gasteiger partial charge in [0.2, 0.25) is 0 Å². The van der Waals surface area contributed by atoms with Crippen LogP contribution < -0.4 is 9.47 Å². The van der Waals surface area contributed by atoms with E-state index in [0.29, 0.717) is 23.7 Å². The number of carboxylic acid groups (broad SMARTS) is 1. The molecule has 0 aliphatic carbocycles. The minimum Gasteiger partial charge on any atom is -0.497 e. The molecule has 0 aliphatic heterocycles. The number of carboxylic acids is 1. The number of hydrogen-bond donors (Lipinski definition) is 1. The summed E-state index contributed by atoms with van der Waals surface area (Å²) in [6.45, 7) is 4.49. The van der Waals surface area contributed by atoms with Crippen molar-refractivity contribution in [1.29, 1.82) is 0 Å². The lowest BCUT2D eigenvalue weighted by atomic mass is 9.98. The third kappa shape index (κ3) is 4.16. The molecule has 0 spiro atoms. The molecule has 126 valence electrons. The summed E-state index contributed by atoms with van der Waals surface area (Å²) < 4.78 is 10.9. The van der Waals surface area contributed by atoms with Gasteiger partial charge in [-0.3, -0.25) is 0 Å². The first-order valence-corrected chi connectivity index (χ1v) is 7.88. The Morgan fingerprint density at radius 1 is 1.21 bits per heavy atom. The first-order valence-electron chi connectivity index (χ1n) is 7.88. The van der Waals surface area contributed by atoms with Crippen LogP contribution in [0.4, 0.5) is 0 Å². The Balaban J connectivity index is 2.49. The lowest BCUT2D eigenvalue weighted by Crippen LogP contribution is -2.03. The largest absolute Gasteiger partial charge is 0.497 e. The number of methoxy groups -OCH3 is 1. The van der Waals surface area contributed by atoms with Crippen molar-refractivity contribution in [2.75, 3.05) is 13.7 Å². The molecule has 0 amide bonds. The van der Waals surface area contributed by atoms with Gasteiger partial charge in [-0.15, -0.1) is 0 Å². The van der Waals surface area contributed by atoms with Crippen molar-refractivity contribution in [3.05, 3.63) is 59.2 Å². The van der Waals surface area contributed by atoms with Gasteiger partial charge in [0, 0.05) is 5.56 Å². The van der Waals surface area contributed by atoms with E-state index in [0.717, 1.165) is 17.5 Å². The van der Waals surface area contributed by atoms with Crippen molar-refractivity contribution in [2.24, 2.45) is 0 Å². The Kier molecular flexibility index (Phi) is 6.01. The Morgan fingerprint density at radius 3 is 2.58 bits per heavy atom. The van der Waals surface area contributed by atoms with Crippen LogP contribution in [0.2, 0.25) is 0 Å². The van der Waals surface area contributed by atoms with Crippen LogP contribution in [0.25, 0.3) is 11.6 Å². The standard InChI is InChI=1S/C20H22O4/c1-4-11-24-19-8-6-5-7-15(19)13-18(20(21)22)17-10-9-16(23-3)12-14(17)2/h5-10,12-13H,4,11H2,1-3H3,(H,21,22)/b18-13-. The molecule has 0 bridgehead atoms. The molecule has 0 aliphatic rings. The van der Waals surface area contributed by atoms with Crippen molar-refractivity contribution in [1.82, 2.24) is 0 Å². The molecular weight excluding hydrogens is 304 g/mol. The van der Waals surface area contributed by atoms with Crippen molar-refractivity contribution in [2.45, 2.75) is 20.3 Å². The molecule has 0 radical (unpaired) electrons. The number of para-hydroxylation sites is 1. The Hall–Kier alpha value is -2.75. The summed E-state index contributed by atoms with van der Waals surface area (Å²) in [5.41, 5.74) is 2.48. The lowest BCUT2D eigenvalue weighted by molar-refractivity contribution is -0.130. The fourth-order valence-corrected chi connectivity index (χ4v) is 2.42. The normalized spacial score (nSPS) is 11.2. The maximum Gasteiger partial charge on any atom is 0.336 e. The summed E-state index contributed by atoms with van der Waals surface area (Å²) in [6, 6.07) is 12.8. The van der Waals surface area contributed by atoms with Crippen LogP contribution in [0.15, 0.2) is 42.5 Å². The van der Waals surface area contributed by atoms with Gasteiger partial charge in [0.15, 0.2) is 0 Å².